The molecule has 0 unspecified atom stereocenters. The lowest BCUT2D eigenvalue weighted by molar-refractivity contribution is 0.0936. The Morgan fingerprint density at radius 2 is 2.04 bits per heavy atom. The van der Waals surface area contributed by atoms with E-state index in [1.807, 2.05) is 18.2 Å². The van der Waals surface area contributed by atoms with Gasteiger partial charge in [0.15, 0.2) is 0 Å². The van der Waals surface area contributed by atoms with E-state index in [2.05, 4.69) is 20.2 Å². The van der Waals surface area contributed by atoms with E-state index in [4.69, 9.17) is 5.53 Å². The van der Waals surface area contributed by atoms with Gasteiger partial charge in [0.05, 0.1) is 6.54 Å². The van der Waals surface area contributed by atoms with Gasteiger partial charge in [-0.05, 0) is 61.9 Å². The summed E-state index contributed by atoms with van der Waals surface area (Å²) in [5.41, 5.74) is 9.88. The van der Waals surface area contributed by atoms with Gasteiger partial charge in [0.2, 0.25) is 0 Å². The first-order valence-electron chi connectivity index (χ1n) is 8.90. The summed E-state index contributed by atoms with van der Waals surface area (Å²) in [5, 5.41) is 6.69. The number of rotatable bonds is 6. The average Bonchev–Trinajstić information content (AvgIpc) is 3.28. The van der Waals surface area contributed by atoms with Gasteiger partial charge in [0.25, 0.3) is 5.91 Å². The number of nitrogens with one attached hydrogen (secondary N) is 1. The predicted octanol–water partition coefficient (Wildman–Crippen LogP) is 3.49. The Bertz CT molecular complexity index is 620. The molecule has 1 saturated carbocycles. The number of carbonyl (C=O) groups is 1. The summed E-state index contributed by atoms with van der Waals surface area (Å²) in [6.45, 7) is 3.37. The van der Waals surface area contributed by atoms with E-state index < -0.39 is 0 Å². The highest BCUT2D eigenvalue weighted by Crippen LogP contribution is 2.31. The van der Waals surface area contributed by atoms with Crippen molar-refractivity contribution in [1.82, 2.24) is 10.2 Å². The Morgan fingerprint density at radius 3 is 2.83 bits per heavy atom. The minimum atomic E-state index is -0.0641. The zero-order valence-corrected chi connectivity index (χ0v) is 14.0. The van der Waals surface area contributed by atoms with Crippen LogP contribution < -0.4 is 5.32 Å². The summed E-state index contributed by atoms with van der Waals surface area (Å²) in [6, 6.07) is 7.97. The fourth-order valence-corrected chi connectivity index (χ4v) is 4.12. The molecule has 128 valence electrons. The molecule has 1 aromatic carbocycles. The lowest BCUT2D eigenvalue weighted by atomic mass is 10.0. The molecule has 0 spiro atoms. The van der Waals surface area contributed by atoms with Gasteiger partial charge in [-0.3, -0.25) is 4.79 Å². The van der Waals surface area contributed by atoms with E-state index in [1.165, 1.54) is 45.2 Å². The Kier molecular flexibility index (Phi) is 5.72. The number of amides is 1. The third-order valence-corrected chi connectivity index (χ3v) is 5.32. The second-order valence-corrected chi connectivity index (χ2v) is 6.76. The number of nitrogens with zero attached hydrogens (tertiary/aromatic N) is 4. The molecule has 0 bridgehead atoms. The first-order valence-corrected chi connectivity index (χ1v) is 8.90. The summed E-state index contributed by atoms with van der Waals surface area (Å²) in [6.07, 6.45) is 6.33. The first-order chi connectivity index (χ1) is 11.8. The maximum atomic E-state index is 12.6. The molecule has 1 aromatic rings. The summed E-state index contributed by atoms with van der Waals surface area (Å²) >= 11 is 0. The highest BCUT2D eigenvalue weighted by Gasteiger charge is 2.33. The van der Waals surface area contributed by atoms with Crippen molar-refractivity contribution in [2.45, 2.75) is 44.7 Å². The van der Waals surface area contributed by atoms with Crippen LogP contribution in [0.2, 0.25) is 0 Å². The summed E-state index contributed by atoms with van der Waals surface area (Å²) in [7, 11) is 0. The monoisotopic (exact) mass is 327 g/mol. The SMILES string of the molecule is [N-]=[N+]=NCc1ccccc1C(=O)NC[C@@H]1CCC[C@H]1N1CCCC1. The third-order valence-electron chi connectivity index (χ3n) is 5.32. The lowest BCUT2D eigenvalue weighted by Crippen LogP contribution is -2.41. The maximum absolute atomic E-state index is 12.6. The number of azide groups is 1. The zero-order valence-electron chi connectivity index (χ0n) is 14.0. The van der Waals surface area contributed by atoms with Gasteiger partial charge >= 0.3 is 0 Å². The van der Waals surface area contributed by atoms with Crippen LogP contribution in [0.15, 0.2) is 29.4 Å². The fourth-order valence-electron chi connectivity index (χ4n) is 4.12. The molecule has 1 aliphatic carbocycles. The van der Waals surface area contributed by atoms with Crippen LogP contribution >= 0.6 is 0 Å². The summed E-state index contributed by atoms with van der Waals surface area (Å²) < 4.78 is 0. The van der Waals surface area contributed by atoms with Crippen molar-refractivity contribution in [1.29, 1.82) is 0 Å². The molecular formula is C18H25N5O. The van der Waals surface area contributed by atoms with Crippen molar-refractivity contribution in [2.75, 3.05) is 19.6 Å². The fraction of sp³-hybridized carbons (Fsp3) is 0.611. The van der Waals surface area contributed by atoms with Crippen LogP contribution in [0.4, 0.5) is 0 Å². The standard InChI is InChI=1S/C18H25N5O/c19-22-21-13-14-6-1-2-8-16(14)18(24)20-12-15-7-5-9-17(15)23-10-3-4-11-23/h1-2,6,8,15,17H,3-5,7,9-13H2,(H,20,24)/t15-,17+/m0/s1. The van der Waals surface area contributed by atoms with Gasteiger partial charge in [-0.25, -0.2) is 0 Å². The van der Waals surface area contributed by atoms with E-state index in [0.29, 0.717) is 17.5 Å². The molecule has 24 heavy (non-hydrogen) atoms. The number of hydrogen-bond donors (Lipinski definition) is 1. The molecule has 0 aromatic heterocycles. The molecule has 2 fully saturated rings. The molecule has 1 heterocycles. The van der Waals surface area contributed by atoms with Gasteiger partial charge < -0.3 is 10.2 Å². The van der Waals surface area contributed by atoms with Gasteiger partial charge in [-0.2, -0.15) is 0 Å². The second-order valence-electron chi connectivity index (χ2n) is 6.76. The molecule has 3 rings (SSSR count). The predicted molar refractivity (Wildman–Crippen MR) is 93.6 cm³/mol. The summed E-state index contributed by atoms with van der Waals surface area (Å²) in [4.78, 5) is 17.9. The largest absolute Gasteiger partial charge is 0.352 e. The molecule has 6 heteroatoms. The molecule has 1 N–H and O–H groups in total. The number of hydrogen-bond acceptors (Lipinski definition) is 3. The van der Waals surface area contributed by atoms with Gasteiger partial charge in [-0.1, -0.05) is 29.7 Å². The second kappa shape index (κ2) is 8.18. The molecule has 2 atom stereocenters. The van der Waals surface area contributed by atoms with Crippen molar-refractivity contribution in [3.05, 3.63) is 45.8 Å². The highest BCUT2D eigenvalue weighted by atomic mass is 16.1. The van der Waals surface area contributed by atoms with Crippen LogP contribution in [0, 0.1) is 5.92 Å². The summed E-state index contributed by atoms with van der Waals surface area (Å²) in [5.74, 6) is 0.488. The number of benzene rings is 1. The lowest BCUT2D eigenvalue weighted by Gasteiger charge is -2.29. The van der Waals surface area contributed by atoms with Gasteiger partial charge in [0, 0.05) is 23.1 Å². The Hall–Kier alpha value is -2.04. The van der Waals surface area contributed by atoms with Crippen molar-refractivity contribution in [3.63, 3.8) is 0 Å². The molecule has 0 radical (unpaired) electrons. The molecule has 1 amide bonds. The Labute approximate surface area is 142 Å². The average molecular weight is 327 g/mol. The van der Waals surface area contributed by atoms with Crippen LogP contribution in [0.25, 0.3) is 10.4 Å². The number of carbonyl (C=O) groups excluding carboxylic acids is 1. The topological polar surface area (TPSA) is 81.1 Å². The minimum absolute atomic E-state index is 0.0641. The molecular weight excluding hydrogens is 302 g/mol. The van der Waals surface area contributed by atoms with Crippen LogP contribution in [-0.4, -0.2) is 36.5 Å². The highest BCUT2D eigenvalue weighted by molar-refractivity contribution is 5.95. The van der Waals surface area contributed by atoms with Crippen LogP contribution in [0.1, 0.15) is 48.0 Å². The molecule has 6 nitrogen and oxygen atoms in total. The third kappa shape index (κ3) is 3.89. The smallest absolute Gasteiger partial charge is 0.251 e. The Balaban J connectivity index is 1.60. The van der Waals surface area contributed by atoms with E-state index in [9.17, 15) is 4.79 Å². The van der Waals surface area contributed by atoms with E-state index in [1.54, 1.807) is 6.07 Å². The van der Waals surface area contributed by atoms with Crippen molar-refractivity contribution >= 4 is 5.91 Å². The first kappa shape index (κ1) is 16.8. The number of likely N-dealkylation sites (tertiary alicyclic amines) is 1. The van der Waals surface area contributed by atoms with E-state index in [-0.39, 0.29) is 12.5 Å². The van der Waals surface area contributed by atoms with Crippen LogP contribution in [0.3, 0.4) is 0 Å². The zero-order chi connectivity index (χ0) is 16.8. The molecule has 2 aliphatic rings. The normalized spacial score (nSPS) is 23.8. The maximum Gasteiger partial charge on any atom is 0.251 e. The quantitative estimate of drug-likeness (QED) is 0.493. The van der Waals surface area contributed by atoms with Gasteiger partial charge in [0.1, 0.15) is 0 Å². The van der Waals surface area contributed by atoms with Crippen molar-refractivity contribution in [3.8, 4) is 0 Å². The molecule has 1 saturated heterocycles. The van der Waals surface area contributed by atoms with Crippen LogP contribution in [-0.2, 0) is 6.54 Å². The van der Waals surface area contributed by atoms with Crippen LogP contribution in [0.5, 0.6) is 0 Å². The minimum Gasteiger partial charge on any atom is -0.352 e. The van der Waals surface area contributed by atoms with E-state index in [0.717, 1.165) is 12.1 Å². The van der Waals surface area contributed by atoms with Gasteiger partial charge in [-0.15, -0.1) is 0 Å². The Morgan fingerprint density at radius 1 is 1.25 bits per heavy atom. The molecule has 1 aliphatic heterocycles. The van der Waals surface area contributed by atoms with Crippen molar-refractivity contribution in [2.24, 2.45) is 11.0 Å². The van der Waals surface area contributed by atoms with E-state index >= 15 is 0 Å². The van der Waals surface area contributed by atoms with Crippen molar-refractivity contribution < 1.29 is 4.79 Å².